The van der Waals surface area contributed by atoms with Crippen LogP contribution in [0.1, 0.15) is 47.1 Å². The molecule has 3 aromatic rings. The largest absolute Gasteiger partial charge is 0.493 e. The number of ether oxygens (including phenoxy) is 4. The predicted molar refractivity (Wildman–Crippen MR) is 130 cm³/mol. The number of hydrogen-bond acceptors (Lipinski definition) is 8. The van der Waals surface area contributed by atoms with Gasteiger partial charge in [-0.3, -0.25) is 4.79 Å². The van der Waals surface area contributed by atoms with Gasteiger partial charge in [0.25, 0.3) is 0 Å². The molecular formula is C27H28N2O6. The molecule has 0 amide bonds. The summed E-state index contributed by atoms with van der Waals surface area (Å²) in [6, 6.07) is 11.5. The fourth-order valence-corrected chi connectivity index (χ4v) is 5.27. The second kappa shape index (κ2) is 9.02. The van der Waals surface area contributed by atoms with Crippen molar-refractivity contribution in [3.8, 4) is 23.0 Å². The van der Waals surface area contributed by atoms with Crippen LogP contribution >= 0.6 is 0 Å². The molecule has 1 aliphatic carbocycles. The number of carbonyl (C=O) groups excluding carboxylic acids is 1. The third kappa shape index (κ3) is 3.69. The van der Waals surface area contributed by atoms with E-state index >= 15 is 0 Å². The third-order valence-electron chi connectivity index (χ3n) is 6.88. The van der Waals surface area contributed by atoms with E-state index in [0.717, 1.165) is 28.1 Å². The zero-order valence-electron chi connectivity index (χ0n) is 20.4. The van der Waals surface area contributed by atoms with Gasteiger partial charge >= 0.3 is 0 Å². The lowest BCUT2D eigenvalue weighted by molar-refractivity contribution is -0.116. The van der Waals surface area contributed by atoms with Crippen molar-refractivity contribution in [1.29, 1.82) is 0 Å². The molecule has 2 heterocycles. The highest BCUT2D eigenvalue weighted by atomic mass is 16.5. The summed E-state index contributed by atoms with van der Waals surface area (Å²) in [5.41, 5.74) is 4.97. The number of carbonyl (C=O) groups is 1. The zero-order chi connectivity index (χ0) is 24.7. The molecule has 0 fully saturated rings. The number of methoxy groups -OCH3 is 4. The number of anilines is 1. The Labute approximate surface area is 203 Å². The maximum atomic E-state index is 13.8. The molecule has 35 heavy (non-hydrogen) atoms. The van der Waals surface area contributed by atoms with E-state index in [9.17, 15) is 4.79 Å². The van der Waals surface area contributed by atoms with E-state index in [2.05, 4.69) is 10.5 Å². The molecule has 0 radical (unpaired) electrons. The van der Waals surface area contributed by atoms with Crippen LogP contribution in [-0.4, -0.2) is 39.4 Å². The maximum absolute atomic E-state index is 13.8. The van der Waals surface area contributed by atoms with E-state index in [1.807, 2.05) is 43.3 Å². The van der Waals surface area contributed by atoms with Crippen molar-refractivity contribution in [2.45, 2.75) is 31.6 Å². The van der Waals surface area contributed by atoms with Crippen molar-refractivity contribution in [1.82, 2.24) is 5.16 Å². The summed E-state index contributed by atoms with van der Waals surface area (Å²) in [5, 5.41) is 7.56. The van der Waals surface area contributed by atoms with Gasteiger partial charge in [-0.15, -0.1) is 0 Å². The molecule has 8 heteroatoms. The molecule has 0 unspecified atom stereocenters. The van der Waals surface area contributed by atoms with Gasteiger partial charge in [0, 0.05) is 23.3 Å². The quantitative estimate of drug-likeness (QED) is 0.533. The molecule has 2 aliphatic rings. The average Bonchev–Trinajstić information content (AvgIpc) is 3.26. The first kappa shape index (κ1) is 22.8. The molecular weight excluding hydrogens is 448 g/mol. The van der Waals surface area contributed by atoms with E-state index in [0.29, 0.717) is 47.3 Å². The highest BCUT2D eigenvalue weighted by Gasteiger charge is 2.42. The molecule has 5 rings (SSSR count). The number of ketones is 1. The molecule has 8 nitrogen and oxygen atoms in total. The van der Waals surface area contributed by atoms with Crippen LogP contribution in [-0.2, 0) is 4.79 Å². The minimum absolute atomic E-state index is 0.0213. The van der Waals surface area contributed by atoms with Gasteiger partial charge in [0.1, 0.15) is 0 Å². The summed E-state index contributed by atoms with van der Waals surface area (Å²) in [4.78, 5) is 13.8. The van der Waals surface area contributed by atoms with Gasteiger partial charge in [0.15, 0.2) is 28.8 Å². The Morgan fingerprint density at radius 3 is 2.43 bits per heavy atom. The Balaban J connectivity index is 1.62. The van der Waals surface area contributed by atoms with Gasteiger partial charge < -0.3 is 28.8 Å². The SMILES string of the molecule is COc1ccc([C@H]2CC(=O)C3=C(C2)Nc2onc(C)c2[C@@H]3c2cccc(OC)c2OC)cc1OC. The first-order valence-corrected chi connectivity index (χ1v) is 11.4. The number of aryl methyl sites for hydroxylation is 1. The van der Waals surface area contributed by atoms with E-state index < -0.39 is 0 Å². The molecule has 2 aromatic carbocycles. The van der Waals surface area contributed by atoms with Gasteiger partial charge in [-0.25, -0.2) is 0 Å². The van der Waals surface area contributed by atoms with E-state index in [1.54, 1.807) is 28.4 Å². The van der Waals surface area contributed by atoms with Crippen molar-refractivity contribution in [3.05, 3.63) is 70.1 Å². The van der Waals surface area contributed by atoms with Crippen molar-refractivity contribution >= 4 is 11.7 Å². The summed E-state index contributed by atoms with van der Waals surface area (Å²) < 4.78 is 27.8. The second-order valence-electron chi connectivity index (χ2n) is 8.69. The van der Waals surface area contributed by atoms with E-state index in [-0.39, 0.29) is 17.6 Å². The standard InChI is InChI=1S/C27H28N2O6/c1-14-23-24(17-7-6-8-21(32-3)26(17)34-5)25-18(28-27(23)35-29-14)11-16(12-19(25)30)15-9-10-20(31-2)22(13-15)33-4/h6-10,13,16,24,28H,11-12H2,1-5H3/t16-,24+/m1/s1. The first-order valence-electron chi connectivity index (χ1n) is 11.4. The first-order chi connectivity index (χ1) is 17.0. The van der Waals surface area contributed by atoms with Gasteiger partial charge in [-0.1, -0.05) is 23.4 Å². The van der Waals surface area contributed by atoms with Crippen molar-refractivity contribution in [2.24, 2.45) is 0 Å². The molecule has 182 valence electrons. The number of nitrogens with zero attached hydrogens (tertiary/aromatic N) is 1. The number of para-hydroxylation sites is 1. The van der Waals surface area contributed by atoms with Gasteiger partial charge in [0.05, 0.1) is 45.6 Å². The minimum Gasteiger partial charge on any atom is -0.493 e. The maximum Gasteiger partial charge on any atom is 0.233 e. The molecule has 0 saturated carbocycles. The number of aromatic nitrogens is 1. The number of nitrogens with one attached hydrogen (secondary N) is 1. The van der Waals surface area contributed by atoms with E-state index in [4.69, 9.17) is 23.5 Å². The fourth-order valence-electron chi connectivity index (χ4n) is 5.27. The second-order valence-corrected chi connectivity index (χ2v) is 8.69. The molecule has 2 atom stereocenters. The molecule has 1 aliphatic heterocycles. The van der Waals surface area contributed by atoms with Crippen molar-refractivity contribution < 1.29 is 28.3 Å². The molecule has 0 saturated heterocycles. The van der Waals surface area contributed by atoms with Crippen LogP contribution in [0.15, 0.2) is 52.2 Å². The van der Waals surface area contributed by atoms with Gasteiger partial charge in [-0.2, -0.15) is 0 Å². The lowest BCUT2D eigenvalue weighted by Gasteiger charge is -2.35. The summed E-state index contributed by atoms with van der Waals surface area (Å²) in [6.45, 7) is 1.88. The van der Waals surface area contributed by atoms with Crippen LogP contribution in [0.3, 0.4) is 0 Å². The Morgan fingerprint density at radius 1 is 0.943 bits per heavy atom. The van der Waals surface area contributed by atoms with Crippen LogP contribution in [0.5, 0.6) is 23.0 Å². The summed E-state index contributed by atoms with van der Waals surface area (Å²) in [7, 11) is 6.42. The van der Waals surface area contributed by atoms with Crippen LogP contribution in [0.2, 0.25) is 0 Å². The highest BCUT2D eigenvalue weighted by molar-refractivity contribution is 6.01. The van der Waals surface area contributed by atoms with E-state index in [1.165, 1.54) is 0 Å². The van der Waals surface area contributed by atoms with Crippen molar-refractivity contribution in [2.75, 3.05) is 33.8 Å². The predicted octanol–water partition coefficient (Wildman–Crippen LogP) is 4.98. The third-order valence-corrected chi connectivity index (χ3v) is 6.88. The highest BCUT2D eigenvalue weighted by Crippen LogP contribution is 2.52. The topological polar surface area (TPSA) is 92.1 Å². The number of Topliss-reactive ketones (excluding diaryl/α,β-unsaturated/α-hetero) is 1. The fraction of sp³-hybridized carbons (Fsp3) is 0.333. The number of benzene rings is 2. The number of rotatable bonds is 6. The van der Waals surface area contributed by atoms with Crippen LogP contribution in [0.25, 0.3) is 0 Å². The Morgan fingerprint density at radius 2 is 1.71 bits per heavy atom. The van der Waals surface area contributed by atoms with Crippen LogP contribution < -0.4 is 24.3 Å². The summed E-state index contributed by atoms with van der Waals surface area (Å²) >= 11 is 0. The van der Waals surface area contributed by atoms with Crippen LogP contribution in [0.4, 0.5) is 5.88 Å². The Hall–Kier alpha value is -3.94. The van der Waals surface area contributed by atoms with Crippen LogP contribution in [0, 0.1) is 6.92 Å². The average molecular weight is 477 g/mol. The lowest BCUT2D eigenvalue weighted by Crippen LogP contribution is -2.29. The molecule has 1 N–H and O–H groups in total. The number of allylic oxidation sites excluding steroid dienone is 2. The van der Waals surface area contributed by atoms with Gasteiger partial charge in [-0.05, 0) is 43.0 Å². The smallest absolute Gasteiger partial charge is 0.233 e. The molecule has 1 aromatic heterocycles. The number of fused-ring (bicyclic) bond motifs is 1. The minimum atomic E-state index is -0.378. The lowest BCUT2D eigenvalue weighted by atomic mass is 9.72. The zero-order valence-corrected chi connectivity index (χ0v) is 20.4. The summed E-state index contributed by atoms with van der Waals surface area (Å²) in [5.74, 6) is 2.71. The molecule has 0 bridgehead atoms. The normalized spacial score (nSPS) is 18.9. The Kier molecular flexibility index (Phi) is 5.88. The molecule has 0 spiro atoms. The monoisotopic (exact) mass is 476 g/mol. The summed E-state index contributed by atoms with van der Waals surface area (Å²) in [6.07, 6.45) is 1.01. The van der Waals surface area contributed by atoms with Crippen molar-refractivity contribution in [3.63, 3.8) is 0 Å². The van der Waals surface area contributed by atoms with Gasteiger partial charge in [0.2, 0.25) is 5.88 Å². The Bertz CT molecular complexity index is 1330. The number of hydrogen-bond donors (Lipinski definition) is 1.